The predicted octanol–water partition coefficient (Wildman–Crippen LogP) is 5.11. The number of carbonyl (C=O) groups is 1. The average Bonchev–Trinajstić information content (AvgIpc) is 3.65. The van der Waals surface area contributed by atoms with Crippen LogP contribution in [0.4, 0.5) is 10.6 Å². The van der Waals surface area contributed by atoms with Crippen molar-refractivity contribution in [1.82, 2.24) is 24.4 Å². The molecule has 9 nitrogen and oxygen atoms in total. The number of aryl methyl sites for hydroxylation is 1. The summed E-state index contributed by atoms with van der Waals surface area (Å²) in [6.07, 6.45) is 3.47. The van der Waals surface area contributed by atoms with Gasteiger partial charge >= 0.3 is 11.8 Å². The first kappa shape index (κ1) is 25.7. The zero-order valence-electron chi connectivity index (χ0n) is 21.6. The first-order valence-corrected chi connectivity index (χ1v) is 13.2. The van der Waals surface area contributed by atoms with Gasteiger partial charge in [0.25, 0.3) is 0 Å². The molecule has 1 aliphatic carbocycles. The summed E-state index contributed by atoms with van der Waals surface area (Å²) >= 11 is 12.8. The lowest BCUT2D eigenvalue weighted by Crippen LogP contribution is -2.55. The summed E-state index contributed by atoms with van der Waals surface area (Å²) in [6, 6.07) is 3.45. The maximum atomic E-state index is 13.7. The van der Waals surface area contributed by atoms with Crippen molar-refractivity contribution < 1.29 is 9.53 Å². The van der Waals surface area contributed by atoms with Gasteiger partial charge in [0, 0.05) is 37.8 Å². The van der Waals surface area contributed by atoms with Gasteiger partial charge in [0.15, 0.2) is 5.65 Å². The summed E-state index contributed by atoms with van der Waals surface area (Å²) in [5, 5.41) is 0.987. The van der Waals surface area contributed by atoms with Crippen LogP contribution in [0.2, 0.25) is 10.2 Å². The van der Waals surface area contributed by atoms with Crippen LogP contribution in [0.3, 0.4) is 0 Å². The summed E-state index contributed by atoms with van der Waals surface area (Å²) in [5.41, 5.74) is 1.81. The Kier molecular flexibility index (Phi) is 6.56. The van der Waals surface area contributed by atoms with E-state index in [2.05, 4.69) is 15.0 Å². The van der Waals surface area contributed by atoms with Gasteiger partial charge in [-0.1, -0.05) is 23.2 Å². The summed E-state index contributed by atoms with van der Waals surface area (Å²) in [6.45, 7) is 10.8. The van der Waals surface area contributed by atoms with Crippen molar-refractivity contribution in [3.05, 3.63) is 50.2 Å². The van der Waals surface area contributed by atoms with Crippen molar-refractivity contribution in [2.45, 2.75) is 65.0 Å². The zero-order valence-corrected chi connectivity index (χ0v) is 23.1. The molecular formula is C26H30Cl2N6O3. The molecule has 0 spiro atoms. The summed E-state index contributed by atoms with van der Waals surface area (Å²) in [5.74, 6) is 0.772. The van der Waals surface area contributed by atoms with Crippen LogP contribution in [0.1, 0.15) is 57.7 Å². The van der Waals surface area contributed by atoms with Gasteiger partial charge in [0.05, 0.1) is 21.8 Å². The Morgan fingerprint density at radius 2 is 1.89 bits per heavy atom. The van der Waals surface area contributed by atoms with Gasteiger partial charge in [-0.25, -0.2) is 19.1 Å². The van der Waals surface area contributed by atoms with Gasteiger partial charge in [-0.05, 0) is 65.2 Å². The monoisotopic (exact) mass is 544 g/mol. The third-order valence-electron chi connectivity index (χ3n) is 6.65. The number of amides is 1. The SMILES string of the molecule is Cc1ccnc(C2CC2)c1-n1c(=O)nc(N2CCN(C(=O)OC(C)(C)C)C[C@@H]2C)c2cc(Cl)c(Cl)nc21. The van der Waals surface area contributed by atoms with Crippen molar-refractivity contribution in [2.24, 2.45) is 0 Å². The van der Waals surface area contributed by atoms with Crippen molar-refractivity contribution in [1.29, 1.82) is 0 Å². The van der Waals surface area contributed by atoms with Gasteiger partial charge in [0.1, 0.15) is 16.6 Å². The number of halogens is 2. The number of hydrogen-bond acceptors (Lipinski definition) is 7. The number of carbonyl (C=O) groups excluding carboxylic acids is 1. The molecule has 1 saturated heterocycles. The lowest BCUT2D eigenvalue weighted by atomic mass is 10.1. The predicted molar refractivity (Wildman–Crippen MR) is 144 cm³/mol. The summed E-state index contributed by atoms with van der Waals surface area (Å²) in [7, 11) is 0. The highest BCUT2D eigenvalue weighted by atomic mass is 35.5. The molecule has 0 N–H and O–H groups in total. The molecule has 2 fully saturated rings. The second kappa shape index (κ2) is 9.44. The fourth-order valence-electron chi connectivity index (χ4n) is 4.79. The highest BCUT2D eigenvalue weighted by molar-refractivity contribution is 6.41. The van der Waals surface area contributed by atoms with Crippen LogP contribution in [0, 0.1) is 6.92 Å². The maximum absolute atomic E-state index is 13.7. The summed E-state index contributed by atoms with van der Waals surface area (Å²) < 4.78 is 7.06. The number of pyridine rings is 2. The van der Waals surface area contributed by atoms with E-state index < -0.39 is 11.3 Å². The summed E-state index contributed by atoms with van der Waals surface area (Å²) in [4.78, 5) is 43.7. The fourth-order valence-corrected chi connectivity index (χ4v) is 5.07. The van der Waals surface area contributed by atoms with Crippen LogP contribution in [0.15, 0.2) is 23.1 Å². The first-order chi connectivity index (χ1) is 17.4. The quantitative estimate of drug-likeness (QED) is 0.422. The molecule has 1 atom stereocenters. The molecule has 37 heavy (non-hydrogen) atoms. The number of rotatable bonds is 3. The first-order valence-electron chi connectivity index (χ1n) is 12.4. The molecule has 3 aromatic rings. The van der Waals surface area contributed by atoms with Crippen LogP contribution in [-0.2, 0) is 4.74 Å². The Labute approximate surface area is 225 Å². The van der Waals surface area contributed by atoms with E-state index in [1.54, 1.807) is 17.2 Å². The van der Waals surface area contributed by atoms with Crippen LogP contribution in [0.5, 0.6) is 0 Å². The third-order valence-corrected chi connectivity index (χ3v) is 7.32. The van der Waals surface area contributed by atoms with Crippen LogP contribution in [-0.4, -0.2) is 61.8 Å². The Morgan fingerprint density at radius 1 is 1.16 bits per heavy atom. The van der Waals surface area contributed by atoms with Gasteiger partial charge in [-0.15, -0.1) is 0 Å². The number of anilines is 1. The molecule has 0 bridgehead atoms. The zero-order chi connectivity index (χ0) is 26.6. The Balaban J connectivity index is 1.61. The van der Waals surface area contributed by atoms with E-state index in [0.717, 1.165) is 24.1 Å². The van der Waals surface area contributed by atoms with Gasteiger partial charge in [0.2, 0.25) is 0 Å². The second-order valence-corrected chi connectivity index (χ2v) is 11.6. The topological polar surface area (TPSA) is 93.5 Å². The average molecular weight is 545 g/mol. The Morgan fingerprint density at radius 3 is 2.54 bits per heavy atom. The molecule has 1 amide bonds. The highest BCUT2D eigenvalue weighted by Gasteiger charge is 2.34. The number of hydrogen-bond donors (Lipinski definition) is 0. The van der Waals surface area contributed by atoms with Gasteiger partial charge < -0.3 is 14.5 Å². The second-order valence-electron chi connectivity index (χ2n) is 10.8. The minimum absolute atomic E-state index is 0.108. The number of piperazine rings is 1. The molecule has 1 saturated carbocycles. The van der Waals surface area contributed by atoms with Gasteiger partial charge in [-0.3, -0.25) is 4.98 Å². The number of nitrogens with zero attached hydrogens (tertiary/aromatic N) is 6. The van der Waals surface area contributed by atoms with Crippen LogP contribution >= 0.6 is 23.2 Å². The number of fused-ring (bicyclic) bond motifs is 1. The third kappa shape index (κ3) is 4.99. The molecule has 5 rings (SSSR count). The molecule has 0 unspecified atom stereocenters. The van der Waals surface area contributed by atoms with Crippen molar-refractivity contribution in [2.75, 3.05) is 24.5 Å². The van der Waals surface area contributed by atoms with E-state index in [1.165, 1.54) is 4.57 Å². The Bertz CT molecular complexity index is 1450. The van der Waals surface area contributed by atoms with Crippen LogP contribution < -0.4 is 10.6 Å². The molecule has 1 aliphatic heterocycles. The number of ether oxygens (including phenoxy) is 1. The molecule has 196 valence electrons. The van der Waals surface area contributed by atoms with E-state index in [0.29, 0.717) is 48.1 Å². The lowest BCUT2D eigenvalue weighted by Gasteiger charge is -2.41. The van der Waals surface area contributed by atoms with E-state index in [9.17, 15) is 9.59 Å². The molecule has 0 radical (unpaired) electrons. The van der Waals surface area contributed by atoms with E-state index >= 15 is 0 Å². The van der Waals surface area contributed by atoms with E-state index in [4.69, 9.17) is 27.9 Å². The molecule has 11 heteroatoms. The standard InChI is InChI=1S/C26H30Cl2N6O3/c1-14-8-9-29-19(16-6-7-16)20(14)34-23-17(12-18(27)21(28)30-23)22(31-24(34)35)33-11-10-32(13-15(33)2)25(36)37-26(3,4)5/h8-9,12,15-16H,6-7,10-11,13H2,1-5H3/t15-/m0/s1. The largest absolute Gasteiger partial charge is 0.444 e. The van der Waals surface area contributed by atoms with Gasteiger partial charge in [-0.2, -0.15) is 4.98 Å². The number of aromatic nitrogens is 4. The Hall–Kier alpha value is -2.91. The van der Waals surface area contributed by atoms with E-state index in [1.807, 2.05) is 45.6 Å². The van der Waals surface area contributed by atoms with E-state index in [-0.39, 0.29) is 22.3 Å². The lowest BCUT2D eigenvalue weighted by molar-refractivity contribution is 0.0218. The highest BCUT2D eigenvalue weighted by Crippen LogP contribution is 2.43. The molecule has 4 heterocycles. The normalized spacial score (nSPS) is 18.4. The maximum Gasteiger partial charge on any atom is 0.410 e. The van der Waals surface area contributed by atoms with Crippen molar-refractivity contribution in [3.8, 4) is 5.69 Å². The van der Waals surface area contributed by atoms with Crippen molar-refractivity contribution in [3.63, 3.8) is 0 Å². The molecule has 3 aromatic heterocycles. The molecule has 0 aromatic carbocycles. The molecule has 2 aliphatic rings. The smallest absolute Gasteiger partial charge is 0.410 e. The minimum atomic E-state index is -0.578. The van der Waals surface area contributed by atoms with Crippen LogP contribution in [0.25, 0.3) is 16.7 Å². The molecular weight excluding hydrogens is 515 g/mol. The minimum Gasteiger partial charge on any atom is -0.444 e. The van der Waals surface area contributed by atoms with Crippen molar-refractivity contribution >= 4 is 46.1 Å². The fraction of sp³-hybridized carbons (Fsp3) is 0.500.